The summed E-state index contributed by atoms with van der Waals surface area (Å²) in [5.74, 6) is 0. The van der Waals surface area contributed by atoms with Crippen LogP contribution in [0.2, 0.25) is 0 Å². The molecule has 6 heteroatoms. The third-order valence-corrected chi connectivity index (χ3v) is 4.54. The van der Waals surface area contributed by atoms with Crippen LogP contribution in [0.5, 0.6) is 0 Å². The van der Waals surface area contributed by atoms with Gasteiger partial charge in [-0.3, -0.25) is 0 Å². The van der Waals surface area contributed by atoms with Crippen molar-refractivity contribution >= 4 is 17.4 Å². The molecule has 0 aliphatic carbocycles. The third-order valence-electron chi connectivity index (χ3n) is 3.57. The van der Waals surface area contributed by atoms with E-state index in [4.69, 9.17) is 4.74 Å². The molecule has 0 bridgehead atoms. The number of carbonyl (C=O) groups is 1. The van der Waals surface area contributed by atoms with E-state index in [-0.39, 0.29) is 18.1 Å². The Morgan fingerprint density at radius 1 is 1.65 bits per heavy atom. The maximum atomic E-state index is 12.2. The van der Waals surface area contributed by atoms with E-state index in [1.54, 1.807) is 11.3 Å². The van der Waals surface area contributed by atoms with E-state index in [9.17, 15) is 4.79 Å². The average molecular weight is 297 g/mol. The number of urea groups is 1. The first kappa shape index (κ1) is 15.3. The van der Waals surface area contributed by atoms with Gasteiger partial charge in [-0.05, 0) is 32.5 Å². The summed E-state index contributed by atoms with van der Waals surface area (Å²) >= 11 is 1.72. The summed E-state index contributed by atoms with van der Waals surface area (Å²) in [5.41, 5.74) is 0. The highest BCUT2D eigenvalue weighted by Gasteiger charge is 2.24. The van der Waals surface area contributed by atoms with Crippen LogP contribution in [0.4, 0.5) is 4.79 Å². The monoisotopic (exact) mass is 297 g/mol. The number of hydrogen-bond donors (Lipinski definition) is 1. The topological polar surface area (TPSA) is 44.8 Å². The largest absolute Gasteiger partial charge is 0.377 e. The molecule has 2 rings (SSSR count). The lowest BCUT2D eigenvalue weighted by molar-refractivity contribution is 0.0187. The molecule has 2 heterocycles. The Labute approximate surface area is 124 Å². The van der Waals surface area contributed by atoms with Crippen molar-refractivity contribution in [3.63, 3.8) is 0 Å². The van der Waals surface area contributed by atoms with Crippen LogP contribution >= 0.6 is 11.3 Å². The standard InChI is InChI=1S/C14H23N3O2S/c1-11-10-19-7-6-17(11)14(18)15-9-12(16(2)3)13-5-4-8-20-13/h4-5,8,11-12H,6-7,9-10H2,1-3H3,(H,15,18)/t11-,12+/m1/s1. The quantitative estimate of drug-likeness (QED) is 0.921. The first-order valence-electron chi connectivity index (χ1n) is 6.91. The van der Waals surface area contributed by atoms with E-state index in [0.29, 0.717) is 26.3 Å². The Kier molecular flexibility index (Phi) is 5.39. The Bertz CT molecular complexity index is 422. The molecule has 20 heavy (non-hydrogen) atoms. The van der Waals surface area contributed by atoms with Crippen molar-refractivity contribution in [2.45, 2.75) is 19.0 Å². The van der Waals surface area contributed by atoms with E-state index >= 15 is 0 Å². The Morgan fingerprint density at radius 3 is 3.05 bits per heavy atom. The van der Waals surface area contributed by atoms with Crippen molar-refractivity contribution in [2.24, 2.45) is 0 Å². The second kappa shape index (κ2) is 7.06. The van der Waals surface area contributed by atoms with Gasteiger partial charge in [-0.2, -0.15) is 0 Å². The van der Waals surface area contributed by atoms with Crippen LogP contribution in [0.3, 0.4) is 0 Å². The second-order valence-corrected chi connectivity index (χ2v) is 6.28. The summed E-state index contributed by atoms with van der Waals surface area (Å²) in [4.78, 5) is 17.5. The molecule has 1 aliphatic heterocycles. The summed E-state index contributed by atoms with van der Waals surface area (Å²) < 4.78 is 5.36. The fraction of sp³-hybridized carbons (Fsp3) is 0.643. The first-order chi connectivity index (χ1) is 9.59. The molecule has 5 nitrogen and oxygen atoms in total. The fourth-order valence-corrected chi connectivity index (χ4v) is 3.26. The zero-order valence-corrected chi connectivity index (χ0v) is 13.2. The van der Waals surface area contributed by atoms with Gasteiger partial charge in [0, 0.05) is 18.0 Å². The van der Waals surface area contributed by atoms with Crippen LogP contribution in [0.15, 0.2) is 17.5 Å². The minimum Gasteiger partial charge on any atom is -0.377 e. The maximum Gasteiger partial charge on any atom is 0.317 e. The summed E-state index contributed by atoms with van der Waals surface area (Å²) in [5, 5.41) is 5.12. The Morgan fingerprint density at radius 2 is 2.45 bits per heavy atom. The van der Waals surface area contributed by atoms with E-state index < -0.39 is 0 Å². The lowest BCUT2D eigenvalue weighted by Crippen LogP contribution is -2.52. The SMILES string of the molecule is C[C@@H]1COCCN1C(=O)NC[C@@H](c1cccs1)N(C)C. The minimum atomic E-state index is 0.00389. The van der Waals surface area contributed by atoms with Crippen molar-refractivity contribution < 1.29 is 9.53 Å². The molecule has 2 atom stereocenters. The normalized spacial score (nSPS) is 21.0. The highest BCUT2D eigenvalue weighted by molar-refractivity contribution is 7.10. The summed E-state index contributed by atoms with van der Waals surface area (Å²) in [6.45, 7) is 4.55. The van der Waals surface area contributed by atoms with Crippen LogP contribution in [0, 0.1) is 0 Å². The molecule has 0 unspecified atom stereocenters. The van der Waals surface area contributed by atoms with Crippen LogP contribution in [-0.2, 0) is 4.74 Å². The number of nitrogens with zero attached hydrogens (tertiary/aromatic N) is 2. The number of likely N-dealkylation sites (N-methyl/N-ethyl adjacent to an activating group) is 1. The van der Waals surface area contributed by atoms with Gasteiger partial charge in [0.05, 0.1) is 25.3 Å². The lowest BCUT2D eigenvalue weighted by atomic mass is 10.2. The number of rotatable bonds is 4. The lowest BCUT2D eigenvalue weighted by Gasteiger charge is -2.34. The second-order valence-electron chi connectivity index (χ2n) is 5.30. The minimum absolute atomic E-state index is 0.00389. The molecule has 0 aromatic carbocycles. The van der Waals surface area contributed by atoms with Crippen molar-refractivity contribution in [3.8, 4) is 0 Å². The van der Waals surface area contributed by atoms with Gasteiger partial charge in [-0.25, -0.2) is 4.79 Å². The van der Waals surface area contributed by atoms with E-state index in [0.717, 1.165) is 0 Å². The molecule has 0 spiro atoms. The number of carbonyl (C=O) groups excluding carboxylic acids is 1. The predicted octanol–water partition coefficient (Wildman–Crippen LogP) is 1.78. The smallest absolute Gasteiger partial charge is 0.317 e. The maximum absolute atomic E-state index is 12.2. The summed E-state index contributed by atoms with van der Waals surface area (Å²) in [6.07, 6.45) is 0. The van der Waals surface area contributed by atoms with Gasteiger partial charge in [0.2, 0.25) is 0 Å². The zero-order chi connectivity index (χ0) is 14.5. The van der Waals surface area contributed by atoms with Crippen molar-refractivity contribution in [1.29, 1.82) is 0 Å². The highest BCUT2D eigenvalue weighted by atomic mass is 32.1. The number of thiophene rings is 1. The molecule has 1 fully saturated rings. The predicted molar refractivity (Wildman–Crippen MR) is 81.1 cm³/mol. The molecule has 1 saturated heterocycles. The number of nitrogens with one attached hydrogen (secondary N) is 1. The Hall–Kier alpha value is -1.11. The first-order valence-corrected chi connectivity index (χ1v) is 7.79. The van der Waals surface area contributed by atoms with Gasteiger partial charge < -0.3 is 19.9 Å². The fourth-order valence-electron chi connectivity index (χ4n) is 2.33. The van der Waals surface area contributed by atoms with Crippen molar-refractivity contribution in [2.75, 3.05) is 40.4 Å². The highest BCUT2D eigenvalue weighted by Crippen LogP contribution is 2.22. The summed E-state index contributed by atoms with van der Waals surface area (Å²) in [7, 11) is 4.07. The average Bonchev–Trinajstić information content (AvgIpc) is 2.92. The molecule has 1 N–H and O–H groups in total. The molecule has 2 amide bonds. The molecule has 1 aromatic rings. The van der Waals surface area contributed by atoms with Crippen LogP contribution < -0.4 is 5.32 Å². The van der Waals surface area contributed by atoms with Gasteiger partial charge in [0.1, 0.15) is 0 Å². The molecule has 1 aliphatic rings. The van der Waals surface area contributed by atoms with Gasteiger partial charge in [-0.15, -0.1) is 11.3 Å². The molecular weight excluding hydrogens is 274 g/mol. The summed E-state index contributed by atoms with van der Waals surface area (Å²) in [6, 6.07) is 4.52. The van der Waals surface area contributed by atoms with Gasteiger partial charge in [0.15, 0.2) is 0 Å². The number of morpholine rings is 1. The van der Waals surface area contributed by atoms with Crippen molar-refractivity contribution in [1.82, 2.24) is 15.1 Å². The molecule has 0 saturated carbocycles. The molecule has 0 radical (unpaired) electrons. The van der Waals surface area contributed by atoms with E-state index in [1.165, 1.54) is 4.88 Å². The third kappa shape index (κ3) is 3.71. The number of hydrogen-bond acceptors (Lipinski definition) is 4. The van der Waals surface area contributed by atoms with Gasteiger partial charge >= 0.3 is 6.03 Å². The van der Waals surface area contributed by atoms with E-state index in [2.05, 4.69) is 21.7 Å². The number of amides is 2. The van der Waals surface area contributed by atoms with E-state index in [1.807, 2.05) is 32.0 Å². The van der Waals surface area contributed by atoms with Crippen molar-refractivity contribution in [3.05, 3.63) is 22.4 Å². The van der Waals surface area contributed by atoms with Crippen LogP contribution in [-0.4, -0.2) is 62.3 Å². The Balaban J connectivity index is 1.90. The zero-order valence-electron chi connectivity index (χ0n) is 12.3. The molecule has 112 valence electrons. The van der Waals surface area contributed by atoms with Gasteiger partial charge in [0.25, 0.3) is 0 Å². The molecule has 1 aromatic heterocycles. The molecular formula is C14H23N3O2S. The van der Waals surface area contributed by atoms with Gasteiger partial charge in [-0.1, -0.05) is 6.07 Å². The van der Waals surface area contributed by atoms with Crippen LogP contribution in [0.25, 0.3) is 0 Å². The number of ether oxygens (including phenoxy) is 1. The van der Waals surface area contributed by atoms with Crippen LogP contribution in [0.1, 0.15) is 17.8 Å².